The zero-order chi connectivity index (χ0) is 12.8. The molecule has 94 valence electrons. The minimum Gasteiger partial charge on any atom is -0.382 e. The number of hydrogen-bond donors (Lipinski definition) is 3. The Bertz CT molecular complexity index is 360. The predicted molar refractivity (Wildman–Crippen MR) is 68.7 cm³/mol. The molecule has 0 saturated heterocycles. The van der Waals surface area contributed by atoms with Crippen molar-refractivity contribution in [1.29, 1.82) is 0 Å². The second kappa shape index (κ2) is 6.37. The molecule has 0 aliphatic carbocycles. The number of nitrogens with two attached hydrogens (primary N) is 1. The van der Waals surface area contributed by atoms with Crippen molar-refractivity contribution in [3.63, 3.8) is 0 Å². The number of amides is 1. The van der Waals surface area contributed by atoms with Crippen molar-refractivity contribution in [3.05, 3.63) is 29.8 Å². The molecule has 0 aromatic heterocycles. The zero-order valence-corrected chi connectivity index (χ0v) is 10.3. The molecule has 1 unspecified atom stereocenters. The Morgan fingerprint density at radius 2 is 1.94 bits per heavy atom. The number of nitrogens with one attached hydrogen (secondary N) is 1. The van der Waals surface area contributed by atoms with Crippen LogP contribution in [0.3, 0.4) is 0 Å². The fourth-order valence-electron chi connectivity index (χ4n) is 1.53. The van der Waals surface area contributed by atoms with E-state index in [1.807, 2.05) is 24.3 Å². The summed E-state index contributed by atoms with van der Waals surface area (Å²) in [6.45, 7) is 4.25. The van der Waals surface area contributed by atoms with E-state index in [-0.39, 0.29) is 6.54 Å². The molecule has 0 fully saturated rings. The smallest absolute Gasteiger partial charge is 0.254 e. The molecule has 0 bridgehead atoms. The van der Waals surface area contributed by atoms with Crippen LogP contribution in [-0.4, -0.2) is 23.7 Å². The van der Waals surface area contributed by atoms with Gasteiger partial charge in [-0.1, -0.05) is 26.0 Å². The Balaban J connectivity index is 2.59. The largest absolute Gasteiger partial charge is 0.382 e. The van der Waals surface area contributed by atoms with Gasteiger partial charge in [-0.2, -0.15) is 0 Å². The van der Waals surface area contributed by atoms with Crippen LogP contribution in [0.5, 0.6) is 0 Å². The van der Waals surface area contributed by atoms with Crippen LogP contribution in [0, 0.1) is 5.92 Å². The molecule has 1 aromatic carbocycles. The lowest BCUT2D eigenvalue weighted by Gasteiger charge is -2.10. The minimum absolute atomic E-state index is 0.0722. The summed E-state index contributed by atoms with van der Waals surface area (Å²) in [5.74, 6) is 0.138. The third-order valence-corrected chi connectivity index (χ3v) is 2.39. The number of aliphatic hydroxyl groups excluding tert-OH is 1. The molecule has 0 radical (unpaired) electrons. The second-order valence-corrected chi connectivity index (χ2v) is 4.54. The summed E-state index contributed by atoms with van der Waals surface area (Å²) in [6, 6.07) is 7.62. The summed E-state index contributed by atoms with van der Waals surface area (Å²) in [5, 5.41) is 11.8. The van der Waals surface area contributed by atoms with Crippen LogP contribution in [0.4, 0.5) is 5.69 Å². The molecule has 4 heteroatoms. The normalized spacial score (nSPS) is 12.5. The van der Waals surface area contributed by atoms with Crippen LogP contribution in [0.2, 0.25) is 0 Å². The van der Waals surface area contributed by atoms with Crippen molar-refractivity contribution in [3.8, 4) is 0 Å². The standard InChI is InChI=1S/C13H20N2O2/c1-9(2)7-10-3-5-11(6-4-10)15-13(17)12(16)8-14/h3-6,9,12,16H,7-8,14H2,1-2H3,(H,15,17). The Kier molecular flexibility index (Phi) is 5.12. The Hall–Kier alpha value is -1.39. The molecule has 1 amide bonds. The van der Waals surface area contributed by atoms with E-state index in [1.54, 1.807) is 0 Å². The first-order chi connectivity index (χ1) is 8.02. The van der Waals surface area contributed by atoms with Gasteiger partial charge in [-0.15, -0.1) is 0 Å². The third-order valence-electron chi connectivity index (χ3n) is 2.39. The fourth-order valence-corrected chi connectivity index (χ4v) is 1.53. The summed E-state index contributed by atoms with van der Waals surface area (Å²) in [4.78, 5) is 11.4. The van der Waals surface area contributed by atoms with Gasteiger partial charge in [0.25, 0.3) is 5.91 Å². The van der Waals surface area contributed by atoms with Gasteiger partial charge >= 0.3 is 0 Å². The molecule has 0 heterocycles. The lowest BCUT2D eigenvalue weighted by molar-refractivity contribution is -0.123. The highest BCUT2D eigenvalue weighted by molar-refractivity contribution is 5.94. The highest BCUT2D eigenvalue weighted by atomic mass is 16.3. The third kappa shape index (κ3) is 4.54. The summed E-state index contributed by atoms with van der Waals surface area (Å²) in [7, 11) is 0. The van der Waals surface area contributed by atoms with Crippen LogP contribution in [-0.2, 0) is 11.2 Å². The van der Waals surface area contributed by atoms with Gasteiger partial charge < -0.3 is 16.2 Å². The monoisotopic (exact) mass is 236 g/mol. The zero-order valence-electron chi connectivity index (χ0n) is 10.3. The topological polar surface area (TPSA) is 75.3 Å². The molecule has 0 saturated carbocycles. The first kappa shape index (κ1) is 13.7. The Morgan fingerprint density at radius 1 is 1.35 bits per heavy atom. The van der Waals surface area contributed by atoms with E-state index in [4.69, 9.17) is 5.73 Å². The molecule has 4 N–H and O–H groups in total. The molecular weight excluding hydrogens is 216 g/mol. The predicted octanol–water partition coefficient (Wildman–Crippen LogP) is 1.14. The Labute approximate surface area is 102 Å². The van der Waals surface area contributed by atoms with Gasteiger partial charge in [0.1, 0.15) is 6.10 Å². The summed E-state index contributed by atoms with van der Waals surface area (Å²) < 4.78 is 0. The lowest BCUT2D eigenvalue weighted by Crippen LogP contribution is -2.34. The van der Waals surface area contributed by atoms with Crippen LogP contribution in [0.15, 0.2) is 24.3 Å². The molecule has 17 heavy (non-hydrogen) atoms. The van der Waals surface area contributed by atoms with Crippen molar-refractivity contribution in [2.45, 2.75) is 26.4 Å². The highest BCUT2D eigenvalue weighted by Gasteiger charge is 2.12. The average Bonchev–Trinajstić information content (AvgIpc) is 2.30. The first-order valence-corrected chi connectivity index (χ1v) is 5.81. The molecule has 1 atom stereocenters. The van der Waals surface area contributed by atoms with Gasteiger partial charge in [-0.25, -0.2) is 0 Å². The highest BCUT2D eigenvalue weighted by Crippen LogP contribution is 2.13. The number of carbonyl (C=O) groups excluding carboxylic acids is 1. The number of benzene rings is 1. The molecule has 4 nitrogen and oxygen atoms in total. The van der Waals surface area contributed by atoms with E-state index in [0.29, 0.717) is 11.6 Å². The molecule has 0 aliphatic heterocycles. The van der Waals surface area contributed by atoms with E-state index >= 15 is 0 Å². The van der Waals surface area contributed by atoms with Gasteiger partial charge in [0.05, 0.1) is 0 Å². The summed E-state index contributed by atoms with van der Waals surface area (Å²) in [5.41, 5.74) is 7.10. The van der Waals surface area contributed by atoms with E-state index in [9.17, 15) is 9.90 Å². The molecule has 0 aliphatic rings. The van der Waals surface area contributed by atoms with Crippen LogP contribution in [0.25, 0.3) is 0 Å². The van der Waals surface area contributed by atoms with E-state index in [0.717, 1.165) is 6.42 Å². The first-order valence-electron chi connectivity index (χ1n) is 5.81. The summed E-state index contributed by atoms with van der Waals surface area (Å²) in [6.07, 6.45) is -0.134. The number of rotatable bonds is 5. The van der Waals surface area contributed by atoms with Gasteiger partial charge in [0.15, 0.2) is 0 Å². The molecule has 1 aromatic rings. The van der Waals surface area contributed by atoms with Crippen molar-refractivity contribution >= 4 is 11.6 Å². The van der Waals surface area contributed by atoms with Crippen LogP contribution in [0.1, 0.15) is 19.4 Å². The van der Waals surface area contributed by atoms with Gasteiger partial charge in [-0.05, 0) is 30.0 Å². The maximum absolute atomic E-state index is 11.4. The molecule has 1 rings (SSSR count). The van der Waals surface area contributed by atoms with Crippen molar-refractivity contribution < 1.29 is 9.90 Å². The fraction of sp³-hybridized carbons (Fsp3) is 0.462. The summed E-state index contributed by atoms with van der Waals surface area (Å²) >= 11 is 0. The van der Waals surface area contributed by atoms with Gasteiger partial charge in [0.2, 0.25) is 0 Å². The van der Waals surface area contributed by atoms with E-state index < -0.39 is 12.0 Å². The van der Waals surface area contributed by atoms with E-state index in [2.05, 4.69) is 19.2 Å². The Morgan fingerprint density at radius 3 is 2.41 bits per heavy atom. The number of aliphatic hydroxyl groups is 1. The van der Waals surface area contributed by atoms with Crippen molar-refractivity contribution in [2.75, 3.05) is 11.9 Å². The van der Waals surface area contributed by atoms with Crippen molar-refractivity contribution in [1.82, 2.24) is 0 Å². The molecule has 0 spiro atoms. The minimum atomic E-state index is -1.15. The van der Waals surface area contributed by atoms with Crippen LogP contribution < -0.4 is 11.1 Å². The second-order valence-electron chi connectivity index (χ2n) is 4.54. The molecular formula is C13H20N2O2. The van der Waals surface area contributed by atoms with Crippen LogP contribution >= 0.6 is 0 Å². The maximum atomic E-state index is 11.4. The number of hydrogen-bond acceptors (Lipinski definition) is 3. The van der Waals surface area contributed by atoms with Gasteiger partial charge in [-0.3, -0.25) is 4.79 Å². The quantitative estimate of drug-likeness (QED) is 0.717. The number of carbonyl (C=O) groups is 1. The SMILES string of the molecule is CC(C)Cc1ccc(NC(=O)C(O)CN)cc1. The van der Waals surface area contributed by atoms with Crippen molar-refractivity contribution in [2.24, 2.45) is 11.7 Å². The lowest BCUT2D eigenvalue weighted by atomic mass is 10.0. The van der Waals surface area contributed by atoms with E-state index in [1.165, 1.54) is 5.56 Å². The number of anilines is 1. The van der Waals surface area contributed by atoms with Gasteiger partial charge in [0, 0.05) is 12.2 Å². The maximum Gasteiger partial charge on any atom is 0.254 e. The average molecular weight is 236 g/mol.